The van der Waals surface area contributed by atoms with Crippen LogP contribution in [0.15, 0.2) is 48.7 Å². The van der Waals surface area contributed by atoms with Gasteiger partial charge in [0.1, 0.15) is 5.82 Å². The Morgan fingerprint density at radius 1 is 1.11 bits per heavy atom. The van der Waals surface area contributed by atoms with E-state index in [9.17, 15) is 4.79 Å². The average molecular weight is 272 g/mol. The number of pyridine rings is 1. The van der Waals surface area contributed by atoms with Gasteiger partial charge >= 0.3 is 0 Å². The number of carbonyl (C=O) groups is 1. The molecule has 2 rings (SSSR count). The molecule has 0 fully saturated rings. The highest BCUT2D eigenvalue weighted by Crippen LogP contribution is 2.11. The van der Waals surface area contributed by atoms with Crippen LogP contribution in [0.3, 0.4) is 0 Å². The summed E-state index contributed by atoms with van der Waals surface area (Å²) < 4.78 is 0. The van der Waals surface area contributed by atoms with Crippen LogP contribution < -0.4 is 16.4 Å². The zero-order valence-electron chi connectivity index (χ0n) is 9.96. The van der Waals surface area contributed by atoms with E-state index in [-0.39, 0.29) is 11.0 Å². The summed E-state index contributed by atoms with van der Waals surface area (Å²) in [5, 5.41) is 5.67. The molecule has 5 nitrogen and oxygen atoms in total. The second-order valence-electron chi connectivity index (χ2n) is 3.74. The van der Waals surface area contributed by atoms with Crippen LogP contribution in [0.4, 0.5) is 11.5 Å². The van der Waals surface area contributed by atoms with Gasteiger partial charge in [-0.05, 0) is 48.6 Å². The maximum absolute atomic E-state index is 11.9. The lowest BCUT2D eigenvalue weighted by Gasteiger charge is -2.06. The molecule has 1 heterocycles. The van der Waals surface area contributed by atoms with E-state index < -0.39 is 0 Å². The van der Waals surface area contributed by atoms with Gasteiger partial charge in [-0.25, -0.2) is 4.98 Å². The minimum Gasteiger partial charge on any atom is -0.376 e. The maximum atomic E-state index is 11.9. The molecular formula is C13H12N4OS. The molecule has 0 unspecified atom stereocenters. The molecule has 0 saturated carbocycles. The van der Waals surface area contributed by atoms with Crippen LogP contribution in [-0.2, 0) is 0 Å². The number of thiocarbonyl (C=S) groups is 1. The van der Waals surface area contributed by atoms with Crippen molar-refractivity contribution in [2.45, 2.75) is 0 Å². The Labute approximate surface area is 115 Å². The minimum absolute atomic E-state index is 0.186. The second-order valence-corrected chi connectivity index (χ2v) is 4.18. The summed E-state index contributed by atoms with van der Waals surface area (Å²) in [7, 11) is 0. The molecule has 0 bridgehead atoms. The fourth-order valence-electron chi connectivity index (χ4n) is 1.47. The monoisotopic (exact) mass is 272 g/mol. The highest BCUT2D eigenvalue weighted by molar-refractivity contribution is 7.80. The molecule has 0 atom stereocenters. The van der Waals surface area contributed by atoms with Crippen LogP contribution in [0.2, 0.25) is 0 Å². The van der Waals surface area contributed by atoms with Crippen LogP contribution in [0.1, 0.15) is 10.4 Å². The van der Waals surface area contributed by atoms with Gasteiger partial charge in [-0.2, -0.15) is 0 Å². The number of nitrogens with one attached hydrogen (secondary N) is 2. The van der Waals surface area contributed by atoms with Crippen LogP contribution >= 0.6 is 12.2 Å². The molecule has 96 valence electrons. The topological polar surface area (TPSA) is 80.0 Å². The zero-order valence-corrected chi connectivity index (χ0v) is 10.8. The summed E-state index contributed by atoms with van der Waals surface area (Å²) in [6.07, 6.45) is 1.62. The zero-order chi connectivity index (χ0) is 13.7. The van der Waals surface area contributed by atoms with Crippen molar-refractivity contribution in [3.63, 3.8) is 0 Å². The third-order valence-electron chi connectivity index (χ3n) is 2.32. The minimum atomic E-state index is -0.222. The summed E-state index contributed by atoms with van der Waals surface area (Å²) in [5.74, 6) is 0.290. The molecule has 0 aliphatic carbocycles. The predicted octanol–water partition coefficient (Wildman–Crippen LogP) is 1.99. The lowest BCUT2D eigenvalue weighted by atomic mass is 10.2. The van der Waals surface area contributed by atoms with Gasteiger partial charge in [0, 0.05) is 17.4 Å². The van der Waals surface area contributed by atoms with Crippen molar-refractivity contribution in [3.05, 3.63) is 54.2 Å². The molecular weight excluding hydrogens is 260 g/mol. The number of amides is 1. The third-order valence-corrected chi connectivity index (χ3v) is 2.42. The van der Waals surface area contributed by atoms with Crippen molar-refractivity contribution >= 4 is 34.7 Å². The molecule has 0 aliphatic heterocycles. The Balaban J connectivity index is 2.05. The summed E-state index contributed by atoms with van der Waals surface area (Å²) in [5.41, 5.74) is 6.62. The third kappa shape index (κ3) is 3.75. The Morgan fingerprint density at radius 3 is 2.42 bits per heavy atom. The molecule has 1 aromatic carbocycles. The van der Waals surface area contributed by atoms with E-state index in [2.05, 4.69) is 15.6 Å². The van der Waals surface area contributed by atoms with Gasteiger partial charge in [0.2, 0.25) is 0 Å². The van der Waals surface area contributed by atoms with Gasteiger partial charge < -0.3 is 16.4 Å². The van der Waals surface area contributed by atoms with Gasteiger partial charge in [-0.1, -0.05) is 6.07 Å². The number of carbonyl (C=O) groups excluding carboxylic acids is 1. The molecule has 4 N–H and O–H groups in total. The first-order valence-electron chi connectivity index (χ1n) is 5.54. The van der Waals surface area contributed by atoms with E-state index in [4.69, 9.17) is 18.0 Å². The fourth-order valence-corrected chi connectivity index (χ4v) is 1.59. The lowest BCUT2D eigenvalue weighted by Crippen LogP contribution is -2.19. The number of benzene rings is 1. The van der Waals surface area contributed by atoms with Gasteiger partial charge in [0.25, 0.3) is 5.91 Å². The molecule has 0 saturated heterocycles. The largest absolute Gasteiger partial charge is 0.376 e. The van der Waals surface area contributed by atoms with E-state index in [1.54, 1.807) is 48.7 Å². The molecule has 2 aromatic rings. The first kappa shape index (κ1) is 13.0. The van der Waals surface area contributed by atoms with E-state index in [0.717, 1.165) is 5.69 Å². The van der Waals surface area contributed by atoms with Crippen LogP contribution in [0, 0.1) is 0 Å². The number of anilines is 2. The Bertz CT molecular complexity index is 583. The SMILES string of the molecule is NC(=S)Nc1ccc(C(=O)Nc2ccccn2)cc1. The first-order chi connectivity index (χ1) is 9.15. The number of nitrogens with zero attached hydrogens (tertiary/aromatic N) is 1. The van der Waals surface area contributed by atoms with Crippen molar-refractivity contribution < 1.29 is 4.79 Å². The van der Waals surface area contributed by atoms with Gasteiger partial charge in [-0.15, -0.1) is 0 Å². The van der Waals surface area contributed by atoms with E-state index in [0.29, 0.717) is 11.4 Å². The number of rotatable bonds is 3. The van der Waals surface area contributed by atoms with Crippen molar-refractivity contribution in [1.29, 1.82) is 0 Å². The van der Waals surface area contributed by atoms with E-state index in [1.807, 2.05) is 0 Å². The average Bonchev–Trinajstić information content (AvgIpc) is 2.40. The van der Waals surface area contributed by atoms with Gasteiger partial charge in [0.15, 0.2) is 5.11 Å². The first-order valence-corrected chi connectivity index (χ1v) is 5.95. The van der Waals surface area contributed by atoms with Crippen molar-refractivity contribution in [2.75, 3.05) is 10.6 Å². The Hall–Kier alpha value is -2.47. The molecule has 0 spiro atoms. The standard InChI is InChI=1S/C13H12N4OS/c14-13(19)16-10-6-4-9(5-7-10)12(18)17-11-3-1-2-8-15-11/h1-8H,(H3,14,16,19)(H,15,17,18). The summed E-state index contributed by atoms with van der Waals surface area (Å²) in [6, 6.07) is 12.1. The highest BCUT2D eigenvalue weighted by Gasteiger charge is 2.06. The van der Waals surface area contributed by atoms with Crippen molar-refractivity contribution in [3.8, 4) is 0 Å². The maximum Gasteiger partial charge on any atom is 0.256 e. The number of aromatic nitrogens is 1. The van der Waals surface area contributed by atoms with Crippen molar-refractivity contribution in [2.24, 2.45) is 5.73 Å². The summed E-state index contributed by atoms with van der Waals surface area (Å²) in [6.45, 7) is 0. The van der Waals surface area contributed by atoms with E-state index in [1.165, 1.54) is 0 Å². The quantitative estimate of drug-likeness (QED) is 0.745. The van der Waals surface area contributed by atoms with Crippen LogP contribution in [-0.4, -0.2) is 16.0 Å². The molecule has 19 heavy (non-hydrogen) atoms. The van der Waals surface area contributed by atoms with Crippen LogP contribution in [0.5, 0.6) is 0 Å². The van der Waals surface area contributed by atoms with Crippen molar-refractivity contribution in [1.82, 2.24) is 4.98 Å². The summed E-state index contributed by atoms with van der Waals surface area (Å²) >= 11 is 4.73. The molecule has 0 aliphatic rings. The summed E-state index contributed by atoms with van der Waals surface area (Å²) in [4.78, 5) is 15.9. The molecule has 1 amide bonds. The molecule has 0 radical (unpaired) electrons. The highest BCUT2D eigenvalue weighted by atomic mass is 32.1. The second kappa shape index (κ2) is 5.92. The van der Waals surface area contributed by atoms with Crippen LogP contribution in [0.25, 0.3) is 0 Å². The number of hydrogen-bond acceptors (Lipinski definition) is 3. The predicted molar refractivity (Wildman–Crippen MR) is 79.0 cm³/mol. The van der Waals surface area contributed by atoms with Gasteiger partial charge in [0.05, 0.1) is 0 Å². The smallest absolute Gasteiger partial charge is 0.256 e. The lowest BCUT2D eigenvalue weighted by molar-refractivity contribution is 0.102. The fraction of sp³-hybridized carbons (Fsp3) is 0. The molecule has 6 heteroatoms. The van der Waals surface area contributed by atoms with E-state index >= 15 is 0 Å². The Morgan fingerprint density at radius 2 is 1.84 bits per heavy atom. The normalized spacial score (nSPS) is 9.68. The number of hydrogen-bond donors (Lipinski definition) is 3. The number of nitrogens with two attached hydrogens (primary N) is 1. The van der Waals surface area contributed by atoms with Gasteiger partial charge in [-0.3, -0.25) is 4.79 Å². The molecule has 1 aromatic heterocycles. The Kier molecular flexibility index (Phi) is 4.04.